The largest absolute Gasteiger partial charge is 0.478 e. The molecule has 0 bridgehead atoms. The van der Waals surface area contributed by atoms with Crippen LogP contribution in [0.25, 0.3) is 0 Å². The molecule has 51 heavy (non-hydrogen) atoms. The van der Waals surface area contributed by atoms with E-state index in [1.807, 2.05) is 24.3 Å². The van der Waals surface area contributed by atoms with E-state index in [2.05, 4.69) is 0 Å². The second-order valence-corrected chi connectivity index (χ2v) is 14.4. The number of carboxylic acid groups (broad SMARTS) is 1. The number of anilines is 1. The van der Waals surface area contributed by atoms with Gasteiger partial charge in [0.15, 0.2) is 28.2 Å². The van der Waals surface area contributed by atoms with Crippen LogP contribution in [0.15, 0.2) is 83.8 Å². The molecule has 1 amide bonds. The molecule has 0 aromatic heterocycles. The molecule has 1 heterocycles. The van der Waals surface area contributed by atoms with Gasteiger partial charge in [-0.3, -0.25) is 4.79 Å². The van der Waals surface area contributed by atoms with Crippen LogP contribution in [-0.2, 0) is 32.7 Å². The summed E-state index contributed by atoms with van der Waals surface area (Å²) in [7, 11) is -5.62. The number of nitrogens with zero attached hydrogens (tertiary/aromatic N) is 2. The van der Waals surface area contributed by atoms with E-state index >= 15 is 0 Å². The van der Waals surface area contributed by atoms with Crippen LogP contribution in [0.3, 0.4) is 0 Å². The SMILES string of the molecule is O=C(O)c1ccc(N(Cc2ccc(C3CCCCC3)cc2)C(=O)[C@]2(OCc3ccccc3)CCN2S(=O)(=O)c2c(F)c(F)c(F)c(F)c2F)cc1. The van der Waals surface area contributed by atoms with E-state index in [0.29, 0.717) is 21.4 Å². The first-order chi connectivity index (χ1) is 24.3. The molecule has 0 unspecified atom stereocenters. The fraction of sp³-hybridized carbons (Fsp3) is 0.297. The van der Waals surface area contributed by atoms with Crippen LogP contribution in [-0.4, -0.2) is 42.0 Å². The smallest absolute Gasteiger partial charge is 0.335 e. The van der Waals surface area contributed by atoms with Gasteiger partial charge < -0.3 is 14.7 Å². The molecule has 8 nitrogen and oxygen atoms in total. The van der Waals surface area contributed by atoms with Gasteiger partial charge in [0.2, 0.25) is 11.5 Å². The topological polar surface area (TPSA) is 104 Å². The van der Waals surface area contributed by atoms with Crippen molar-refractivity contribution < 1.29 is 49.8 Å². The third-order valence-corrected chi connectivity index (χ3v) is 11.4. The molecule has 14 heteroatoms. The molecule has 1 saturated heterocycles. The van der Waals surface area contributed by atoms with Gasteiger partial charge in [-0.15, -0.1) is 0 Å². The summed E-state index contributed by atoms with van der Waals surface area (Å²) < 4.78 is 107. The Kier molecular flexibility index (Phi) is 10.3. The summed E-state index contributed by atoms with van der Waals surface area (Å²) in [6.07, 6.45) is 5.17. The van der Waals surface area contributed by atoms with Crippen LogP contribution in [0.5, 0.6) is 0 Å². The number of rotatable bonds is 11. The van der Waals surface area contributed by atoms with E-state index in [-0.39, 0.29) is 30.8 Å². The highest BCUT2D eigenvalue weighted by molar-refractivity contribution is 7.89. The molecular weight excluding hydrogens is 695 g/mol. The van der Waals surface area contributed by atoms with Crippen LogP contribution >= 0.6 is 0 Å². The fourth-order valence-corrected chi connectivity index (χ4v) is 8.42. The maximum atomic E-state index is 15.0. The van der Waals surface area contributed by atoms with Crippen molar-refractivity contribution in [1.82, 2.24) is 4.31 Å². The quantitative estimate of drug-likeness (QED) is 0.0967. The number of aromatic carboxylic acids is 1. The first-order valence-electron chi connectivity index (χ1n) is 16.3. The van der Waals surface area contributed by atoms with Gasteiger partial charge in [0.05, 0.1) is 18.7 Å². The summed E-state index contributed by atoms with van der Waals surface area (Å²) in [5, 5.41) is 9.47. The number of benzene rings is 4. The van der Waals surface area contributed by atoms with E-state index in [0.717, 1.165) is 36.1 Å². The predicted octanol–water partition coefficient (Wildman–Crippen LogP) is 7.67. The summed E-state index contributed by atoms with van der Waals surface area (Å²) in [6.45, 7) is -1.12. The summed E-state index contributed by atoms with van der Waals surface area (Å²) in [6, 6.07) is 21.0. The maximum absolute atomic E-state index is 15.0. The lowest BCUT2D eigenvalue weighted by Crippen LogP contribution is -2.70. The number of hydrogen-bond acceptors (Lipinski definition) is 5. The molecule has 1 aliphatic carbocycles. The molecule has 268 valence electrons. The van der Waals surface area contributed by atoms with Gasteiger partial charge in [-0.2, -0.15) is 4.31 Å². The van der Waals surface area contributed by atoms with Gasteiger partial charge in [0, 0.05) is 18.7 Å². The molecule has 1 aliphatic heterocycles. The molecule has 4 aromatic carbocycles. The minimum absolute atomic E-state index is 0.0998. The molecular formula is C37H33F5N2O6S. The number of amides is 1. The first-order valence-corrected chi connectivity index (χ1v) is 17.8. The van der Waals surface area contributed by atoms with Crippen molar-refractivity contribution in [3.05, 3.63) is 130 Å². The Morgan fingerprint density at radius 1 is 0.784 bits per heavy atom. The average Bonchev–Trinajstić information content (AvgIpc) is 3.12. The highest BCUT2D eigenvalue weighted by Crippen LogP contribution is 2.43. The zero-order valence-corrected chi connectivity index (χ0v) is 27.9. The second-order valence-electron chi connectivity index (χ2n) is 12.6. The van der Waals surface area contributed by atoms with Gasteiger partial charge in [-0.05, 0) is 59.7 Å². The van der Waals surface area contributed by atoms with Crippen LogP contribution in [0, 0.1) is 29.1 Å². The van der Waals surface area contributed by atoms with E-state index < -0.39 is 68.2 Å². The molecule has 0 radical (unpaired) electrons. The predicted molar refractivity (Wildman–Crippen MR) is 176 cm³/mol. The Morgan fingerprint density at radius 3 is 1.92 bits per heavy atom. The minimum Gasteiger partial charge on any atom is -0.478 e. The summed E-state index contributed by atoms with van der Waals surface area (Å²) in [5.41, 5.74) is -0.258. The van der Waals surface area contributed by atoms with E-state index in [1.165, 1.54) is 30.7 Å². The van der Waals surface area contributed by atoms with Gasteiger partial charge in [0.1, 0.15) is 0 Å². The Labute approximate surface area is 291 Å². The van der Waals surface area contributed by atoms with Crippen LogP contribution in [0.2, 0.25) is 0 Å². The van der Waals surface area contributed by atoms with Crippen molar-refractivity contribution in [1.29, 1.82) is 0 Å². The van der Waals surface area contributed by atoms with E-state index in [1.54, 1.807) is 30.3 Å². The molecule has 6 rings (SSSR count). The van der Waals surface area contributed by atoms with Gasteiger partial charge in [-0.25, -0.2) is 35.2 Å². The summed E-state index contributed by atoms with van der Waals surface area (Å²) in [4.78, 5) is 25.5. The zero-order chi connectivity index (χ0) is 36.5. The van der Waals surface area contributed by atoms with Gasteiger partial charge in [0.25, 0.3) is 15.9 Å². The summed E-state index contributed by atoms with van der Waals surface area (Å²) >= 11 is 0. The van der Waals surface area contributed by atoms with Crippen LogP contribution in [0.1, 0.15) is 71.5 Å². The number of carboxylic acids is 1. The highest BCUT2D eigenvalue weighted by atomic mass is 32.2. The number of ether oxygens (including phenoxy) is 1. The van der Waals surface area contributed by atoms with Crippen molar-refractivity contribution in [3.63, 3.8) is 0 Å². The zero-order valence-electron chi connectivity index (χ0n) is 27.1. The van der Waals surface area contributed by atoms with Crippen molar-refractivity contribution in [2.75, 3.05) is 11.4 Å². The normalized spacial score (nSPS) is 18.3. The number of carbonyl (C=O) groups excluding carboxylic acids is 1. The van der Waals surface area contributed by atoms with Crippen molar-refractivity contribution in [2.24, 2.45) is 0 Å². The third-order valence-electron chi connectivity index (χ3n) is 9.50. The minimum atomic E-state index is -5.62. The van der Waals surface area contributed by atoms with E-state index in [4.69, 9.17) is 4.74 Å². The summed E-state index contributed by atoms with van der Waals surface area (Å²) in [5.74, 6) is -14.5. The Hall–Kier alpha value is -4.66. The van der Waals surface area contributed by atoms with Crippen molar-refractivity contribution >= 4 is 27.6 Å². The molecule has 2 aliphatic rings. The highest BCUT2D eigenvalue weighted by Gasteiger charge is 2.61. The number of carbonyl (C=O) groups is 2. The molecule has 1 atom stereocenters. The van der Waals surface area contributed by atoms with Gasteiger partial charge >= 0.3 is 5.97 Å². The molecule has 2 fully saturated rings. The second kappa shape index (κ2) is 14.5. The molecule has 1 saturated carbocycles. The van der Waals surface area contributed by atoms with Crippen molar-refractivity contribution in [2.45, 2.75) is 68.2 Å². The molecule has 4 aromatic rings. The number of sulfonamides is 1. The lowest BCUT2D eigenvalue weighted by molar-refractivity contribution is -0.194. The Balaban J connectivity index is 1.43. The van der Waals surface area contributed by atoms with Crippen LogP contribution in [0.4, 0.5) is 27.6 Å². The number of hydrogen-bond donors (Lipinski definition) is 1. The fourth-order valence-electron chi connectivity index (χ4n) is 6.63. The maximum Gasteiger partial charge on any atom is 0.335 e. The monoisotopic (exact) mass is 728 g/mol. The van der Waals surface area contributed by atoms with Crippen molar-refractivity contribution in [3.8, 4) is 0 Å². The van der Waals surface area contributed by atoms with Crippen LogP contribution < -0.4 is 4.90 Å². The lowest BCUT2D eigenvalue weighted by atomic mass is 9.84. The molecule has 0 spiro atoms. The molecule has 1 N–H and O–H groups in total. The Bertz CT molecular complexity index is 2010. The Morgan fingerprint density at radius 2 is 1.37 bits per heavy atom. The number of halogens is 5. The van der Waals surface area contributed by atoms with E-state index in [9.17, 15) is 45.1 Å². The van der Waals surface area contributed by atoms with Gasteiger partial charge in [-0.1, -0.05) is 73.9 Å². The third kappa shape index (κ3) is 6.87. The lowest BCUT2D eigenvalue weighted by Gasteiger charge is -2.50. The average molecular weight is 729 g/mol. The standard InChI is InChI=1S/C37H33F5N2O6S/c38-29-30(39)32(41)34(33(42)31(29)40)51(48,49)44-20-19-37(44,50-22-24-7-3-1-4-8-24)36(47)43(28-17-15-27(16-18-28)35(45)46)21-23-11-13-26(14-12-23)25-9-5-2-6-10-25/h1,3-4,7-8,11-18,25H,2,5-6,9-10,19-22H2,(H,45,46)/t37-/m1/s1. The first kappa shape index (κ1) is 36.1.